The molecular weight excluding hydrogens is 488 g/mol. The van der Waals surface area contributed by atoms with Crippen LogP contribution in [0.15, 0.2) is 46.8 Å². The number of hydrogen-bond acceptors (Lipinski definition) is 10. The Morgan fingerprint density at radius 3 is 2.72 bits per heavy atom. The topological polar surface area (TPSA) is 126 Å². The monoisotopic (exact) mass is 510 g/mol. The summed E-state index contributed by atoms with van der Waals surface area (Å²) >= 11 is 6.42. The number of hydrogen-bond donors (Lipinski definition) is 1. The van der Waals surface area contributed by atoms with Gasteiger partial charge in [0.05, 0.1) is 14.2 Å². The van der Waals surface area contributed by atoms with Gasteiger partial charge in [0.15, 0.2) is 5.75 Å². The number of fused-ring (bicyclic) bond motifs is 1. The molecule has 5 rings (SSSR count). The van der Waals surface area contributed by atoms with Crippen molar-refractivity contribution in [3.8, 4) is 28.8 Å². The predicted octanol–water partition coefficient (Wildman–Crippen LogP) is 3.44. The Balaban J connectivity index is 1.31. The van der Waals surface area contributed by atoms with Gasteiger partial charge in [0.1, 0.15) is 27.8 Å². The normalized spacial score (nSPS) is 20.7. The highest BCUT2D eigenvalue weighted by Crippen LogP contribution is 2.52. The number of carbonyl (C=O) groups is 2. The Hall–Kier alpha value is -3.92. The maximum absolute atomic E-state index is 13.5. The van der Waals surface area contributed by atoms with E-state index in [2.05, 4.69) is 20.4 Å². The molecule has 1 aliphatic carbocycles. The van der Waals surface area contributed by atoms with Crippen molar-refractivity contribution in [1.82, 2.24) is 20.4 Å². The molecule has 0 bridgehead atoms. The predicted molar refractivity (Wildman–Crippen MR) is 128 cm³/mol. The molecule has 0 radical (unpaired) electrons. The van der Waals surface area contributed by atoms with Gasteiger partial charge >= 0.3 is 0 Å². The van der Waals surface area contributed by atoms with E-state index in [0.717, 1.165) is 0 Å². The van der Waals surface area contributed by atoms with Crippen LogP contribution in [0.1, 0.15) is 29.6 Å². The van der Waals surface area contributed by atoms with Crippen LogP contribution in [0, 0.1) is 5.92 Å². The van der Waals surface area contributed by atoms with Gasteiger partial charge in [-0.05, 0) is 18.6 Å². The van der Waals surface area contributed by atoms with Gasteiger partial charge in [-0.3, -0.25) is 14.6 Å². The number of ether oxygens (including phenoxy) is 3. The first-order valence-corrected chi connectivity index (χ1v) is 11.7. The number of carbonyl (C=O) groups excluding carboxylic acids is 2. The molecule has 186 valence electrons. The minimum atomic E-state index is -1.71. The number of aromatic nitrogens is 3. The molecule has 1 spiro atoms. The van der Waals surface area contributed by atoms with Crippen molar-refractivity contribution in [2.24, 2.45) is 5.92 Å². The maximum Gasteiger partial charge on any atom is 0.236 e. The fourth-order valence-electron chi connectivity index (χ4n) is 4.54. The highest BCUT2D eigenvalue weighted by atomic mass is 35.5. The van der Waals surface area contributed by atoms with Crippen molar-refractivity contribution >= 4 is 23.2 Å². The van der Waals surface area contributed by atoms with Crippen LogP contribution < -0.4 is 19.5 Å². The lowest BCUT2D eigenvalue weighted by Crippen LogP contribution is -2.55. The minimum Gasteiger partial charge on any atom is -0.496 e. The molecule has 10 nitrogen and oxygen atoms in total. The fraction of sp³-hybridized carbons (Fsp3) is 0.320. The van der Waals surface area contributed by atoms with E-state index < -0.39 is 23.1 Å². The number of allylic oxidation sites excluding steroid dienone is 1. The van der Waals surface area contributed by atoms with Gasteiger partial charge in [-0.25, -0.2) is 0 Å². The lowest BCUT2D eigenvalue weighted by Gasteiger charge is -2.35. The van der Waals surface area contributed by atoms with Gasteiger partial charge in [0.2, 0.25) is 28.9 Å². The molecule has 1 aliphatic heterocycles. The summed E-state index contributed by atoms with van der Waals surface area (Å²) in [6.07, 6.45) is 3.92. The van der Waals surface area contributed by atoms with E-state index in [-0.39, 0.29) is 27.8 Å². The Bertz CT molecular complexity index is 1370. The van der Waals surface area contributed by atoms with E-state index in [1.54, 1.807) is 19.2 Å². The second kappa shape index (κ2) is 9.27. The van der Waals surface area contributed by atoms with Crippen LogP contribution in [0.25, 0.3) is 11.5 Å². The van der Waals surface area contributed by atoms with Crippen molar-refractivity contribution < 1.29 is 28.3 Å². The van der Waals surface area contributed by atoms with E-state index in [4.69, 9.17) is 30.3 Å². The third-order valence-electron chi connectivity index (χ3n) is 6.36. The molecule has 0 saturated heterocycles. The maximum atomic E-state index is 13.5. The number of nitrogens with one attached hydrogen (secondary N) is 1. The van der Waals surface area contributed by atoms with Gasteiger partial charge in [-0.1, -0.05) is 29.7 Å². The van der Waals surface area contributed by atoms with Crippen molar-refractivity contribution in [1.29, 1.82) is 0 Å². The molecule has 0 amide bonds. The first-order valence-electron chi connectivity index (χ1n) is 11.3. The van der Waals surface area contributed by atoms with Gasteiger partial charge in [0, 0.05) is 42.9 Å². The molecule has 3 heterocycles. The Morgan fingerprint density at radius 2 is 2.03 bits per heavy atom. The summed E-state index contributed by atoms with van der Waals surface area (Å²) in [5, 5.41) is 7.31. The lowest BCUT2D eigenvalue weighted by atomic mass is 9.74. The highest BCUT2D eigenvalue weighted by Gasteiger charge is 2.60. The SMILES string of the molecule is COc1cc(OC)c2c(c1Cl)OC1(C(=O)C=C(NCCc3nc(-c4ccccn4)no3)CC1C)C2=O. The average Bonchev–Trinajstić information content (AvgIpc) is 3.48. The van der Waals surface area contributed by atoms with Gasteiger partial charge in [-0.2, -0.15) is 4.98 Å². The lowest BCUT2D eigenvalue weighted by molar-refractivity contribution is -0.129. The summed E-state index contributed by atoms with van der Waals surface area (Å²) in [5.41, 5.74) is -0.253. The molecule has 36 heavy (non-hydrogen) atoms. The Labute approximate surface area is 211 Å². The van der Waals surface area contributed by atoms with Crippen molar-refractivity contribution in [2.75, 3.05) is 20.8 Å². The highest BCUT2D eigenvalue weighted by molar-refractivity contribution is 6.36. The number of benzene rings is 1. The van der Waals surface area contributed by atoms with E-state index in [9.17, 15) is 9.59 Å². The summed E-state index contributed by atoms with van der Waals surface area (Å²) in [7, 11) is 2.88. The van der Waals surface area contributed by atoms with E-state index >= 15 is 0 Å². The van der Waals surface area contributed by atoms with Crippen LogP contribution in [-0.4, -0.2) is 53.1 Å². The third kappa shape index (κ3) is 3.78. The zero-order valence-corrected chi connectivity index (χ0v) is 20.6. The van der Waals surface area contributed by atoms with E-state index in [1.807, 2.05) is 12.1 Å². The quantitative estimate of drug-likeness (QED) is 0.472. The zero-order chi connectivity index (χ0) is 25.4. The molecule has 2 aliphatic rings. The van der Waals surface area contributed by atoms with Crippen LogP contribution in [0.2, 0.25) is 5.02 Å². The summed E-state index contributed by atoms with van der Waals surface area (Å²) in [4.78, 5) is 35.5. The second-order valence-electron chi connectivity index (χ2n) is 8.51. The molecule has 2 atom stereocenters. The average molecular weight is 511 g/mol. The molecular formula is C25H23ClN4O6. The zero-order valence-electron chi connectivity index (χ0n) is 19.8. The molecule has 11 heteroatoms. The van der Waals surface area contributed by atoms with Crippen LogP contribution in [0.4, 0.5) is 0 Å². The number of methoxy groups -OCH3 is 2. The molecule has 2 unspecified atom stereocenters. The van der Waals surface area contributed by atoms with Crippen LogP contribution in [0.5, 0.6) is 17.2 Å². The molecule has 2 aromatic heterocycles. The third-order valence-corrected chi connectivity index (χ3v) is 6.72. The number of Topliss-reactive ketones (excluding diaryl/α,β-unsaturated/α-hetero) is 1. The van der Waals surface area contributed by atoms with Crippen molar-refractivity contribution in [3.05, 3.63) is 58.7 Å². The van der Waals surface area contributed by atoms with Gasteiger partial charge < -0.3 is 24.1 Å². The van der Waals surface area contributed by atoms with Crippen molar-refractivity contribution in [3.63, 3.8) is 0 Å². The summed E-state index contributed by atoms with van der Waals surface area (Å²) < 4.78 is 22.0. The van der Waals surface area contributed by atoms with Crippen LogP contribution >= 0.6 is 11.6 Å². The summed E-state index contributed by atoms with van der Waals surface area (Å²) in [6.45, 7) is 2.25. The fourth-order valence-corrected chi connectivity index (χ4v) is 4.80. The smallest absolute Gasteiger partial charge is 0.236 e. The number of ketones is 2. The van der Waals surface area contributed by atoms with Crippen LogP contribution in [0.3, 0.4) is 0 Å². The van der Waals surface area contributed by atoms with E-state index in [0.29, 0.717) is 42.5 Å². The summed E-state index contributed by atoms with van der Waals surface area (Å²) in [6, 6.07) is 6.97. The molecule has 1 N–H and O–H groups in total. The molecule has 0 saturated carbocycles. The molecule has 1 aromatic carbocycles. The van der Waals surface area contributed by atoms with Crippen molar-refractivity contribution in [2.45, 2.75) is 25.4 Å². The first-order chi connectivity index (χ1) is 17.4. The number of halogens is 1. The van der Waals surface area contributed by atoms with Gasteiger partial charge in [-0.15, -0.1) is 0 Å². The van der Waals surface area contributed by atoms with Gasteiger partial charge in [0.25, 0.3) is 0 Å². The largest absolute Gasteiger partial charge is 0.496 e. The molecule has 3 aromatic rings. The standard InChI is InChI=1S/C25H23ClN4O6/c1-13-10-14(27-9-7-19-29-24(30-36-19)15-6-4-5-8-28-15)11-18(31)25(13)23(32)20-16(33-2)12-17(34-3)21(26)22(20)35-25/h4-6,8,11-13,27H,7,9-10H2,1-3H3. The second-order valence-corrected chi connectivity index (χ2v) is 8.89. The number of rotatable bonds is 7. The summed E-state index contributed by atoms with van der Waals surface area (Å²) in [5.74, 6) is 0.0817. The minimum absolute atomic E-state index is 0.1000. The number of pyridine rings is 1. The van der Waals surface area contributed by atoms with E-state index in [1.165, 1.54) is 26.4 Å². The van der Waals surface area contributed by atoms with Crippen LogP contribution in [-0.2, 0) is 11.2 Å². The molecule has 0 fully saturated rings. The Morgan fingerprint density at radius 1 is 1.22 bits per heavy atom. The first kappa shape index (κ1) is 23.8. The Kier molecular flexibility index (Phi) is 6.13. The number of nitrogens with zero attached hydrogens (tertiary/aromatic N) is 3.